The van der Waals surface area contributed by atoms with Crippen molar-refractivity contribution in [2.24, 2.45) is 0 Å². The Hall–Kier alpha value is -2.77. The van der Waals surface area contributed by atoms with E-state index >= 15 is 0 Å². The number of nitrogens with two attached hydrogens (primary N) is 1. The molecule has 116 valence electrons. The number of hydrogen-bond acceptors (Lipinski definition) is 7. The van der Waals surface area contributed by atoms with Gasteiger partial charge >= 0.3 is 0 Å². The minimum absolute atomic E-state index is 0.344. The molecule has 1 saturated carbocycles. The molecule has 0 unspecified atom stereocenters. The van der Waals surface area contributed by atoms with Crippen LogP contribution in [0.25, 0.3) is 5.65 Å². The summed E-state index contributed by atoms with van der Waals surface area (Å²) >= 11 is 0. The minimum atomic E-state index is 0.344. The second kappa shape index (κ2) is 4.61. The van der Waals surface area contributed by atoms with E-state index in [1.165, 1.54) is 12.8 Å². The van der Waals surface area contributed by atoms with E-state index in [4.69, 9.17) is 5.73 Å². The summed E-state index contributed by atoms with van der Waals surface area (Å²) in [6.45, 7) is 1.63. The zero-order chi connectivity index (χ0) is 15.4. The van der Waals surface area contributed by atoms with Gasteiger partial charge in [-0.1, -0.05) is 0 Å². The van der Waals surface area contributed by atoms with Gasteiger partial charge in [-0.25, -0.2) is 9.97 Å². The Labute approximate surface area is 132 Å². The molecular weight excluding hydrogens is 292 g/mol. The van der Waals surface area contributed by atoms with Gasteiger partial charge in [0, 0.05) is 37.2 Å². The number of fused-ring (bicyclic) bond motifs is 2. The Morgan fingerprint density at radius 1 is 1.26 bits per heavy atom. The third-order valence-electron chi connectivity index (χ3n) is 4.56. The fraction of sp³-hybridized carbons (Fsp3) is 0.400. The third kappa shape index (κ3) is 2.09. The smallest absolute Gasteiger partial charge is 0.220 e. The van der Waals surface area contributed by atoms with E-state index in [2.05, 4.69) is 36.2 Å². The number of hydrogen-bond donors (Lipinski definition) is 1. The number of aromatic nitrogens is 6. The van der Waals surface area contributed by atoms with Gasteiger partial charge in [0.15, 0.2) is 0 Å². The van der Waals surface area contributed by atoms with Crippen molar-refractivity contribution in [3.05, 3.63) is 35.5 Å². The first-order valence-corrected chi connectivity index (χ1v) is 7.84. The molecule has 3 aromatic heterocycles. The van der Waals surface area contributed by atoms with Crippen molar-refractivity contribution in [3.8, 4) is 0 Å². The molecule has 0 spiro atoms. The molecule has 2 N–H and O–H groups in total. The van der Waals surface area contributed by atoms with Crippen LogP contribution in [0.5, 0.6) is 0 Å². The maximum absolute atomic E-state index is 5.68. The van der Waals surface area contributed by atoms with Crippen molar-refractivity contribution in [1.82, 2.24) is 29.8 Å². The minimum Gasteiger partial charge on any atom is -0.368 e. The van der Waals surface area contributed by atoms with E-state index in [0.29, 0.717) is 11.9 Å². The predicted molar refractivity (Wildman–Crippen MR) is 84.0 cm³/mol. The molecule has 1 aliphatic heterocycles. The van der Waals surface area contributed by atoms with Crippen LogP contribution in [0.4, 0.5) is 11.6 Å². The zero-order valence-corrected chi connectivity index (χ0v) is 12.6. The number of nitrogen functional groups attached to an aromatic ring is 1. The highest BCUT2D eigenvalue weighted by Gasteiger charge is 2.28. The summed E-state index contributed by atoms with van der Waals surface area (Å²) in [5, 5.41) is 12.9. The van der Waals surface area contributed by atoms with Gasteiger partial charge in [0.05, 0.1) is 17.1 Å². The molecule has 2 aliphatic rings. The fourth-order valence-corrected chi connectivity index (χ4v) is 3.18. The number of anilines is 2. The van der Waals surface area contributed by atoms with E-state index in [9.17, 15) is 0 Å². The highest BCUT2D eigenvalue weighted by molar-refractivity contribution is 5.69. The molecule has 5 rings (SSSR count). The van der Waals surface area contributed by atoms with E-state index in [0.717, 1.165) is 47.8 Å². The second-order valence-electron chi connectivity index (χ2n) is 6.20. The van der Waals surface area contributed by atoms with Crippen LogP contribution in [0.3, 0.4) is 0 Å². The molecule has 0 saturated heterocycles. The Balaban J connectivity index is 1.58. The van der Waals surface area contributed by atoms with Gasteiger partial charge in [-0.2, -0.15) is 9.61 Å². The van der Waals surface area contributed by atoms with Crippen LogP contribution in [-0.2, 0) is 13.0 Å². The Bertz CT molecular complexity index is 898. The van der Waals surface area contributed by atoms with Crippen LogP contribution >= 0.6 is 0 Å². The van der Waals surface area contributed by atoms with Crippen molar-refractivity contribution >= 4 is 17.3 Å². The molecule has 0 radical (unpaired) electrons. The van der Waals surface area contributed by atoms with Crippen molar-refractivity contribution < 1.29 is 0 Å². The van der Waals surface area contributed by atoms with Crippen LogP contribution < -0.4 is 10.6 Å². The highest BCUT2D eigenvalue weighted by atomic mass is 15.4. The topological polar surface area (TPSA) is 98.1 Å². The molecule has 1 aliphatic carbocycles. The SMILES string of the molecule is Nc1ncc2c(n1)CCN(c1cc(C3CC3)nn3cnnc13)C2. The lowest BCUT2D eigenvalue weighted by Crippen LogP contribution is -2.32. The second-order valence-corrected chi connectivity index (χ2v) is 6.20. The summed E-state index contributed by atoms with van der Waals surface area (Å²) in [5.41, 5.74) is 10.9. The van der Waals surface area contributed by atoms with Crippen LogP contribution in [0.1, 0.15) is 35.7 Å². The first-order valence-electron chi connectivity index (χ1n) is 7.84. The Kier molecular flexibility index (Phi) is 2.55. The molecule has 8 nitrogen and oxygen atoms in total. The molecule has 1 fully saturated rings. The molecular formula is C15H16N8. The largest absolute Gasteiger partial charge is 0.368 e. The maximum atomic E-state index is 5.68. The van der Waals surface area contributed by atoms with Crippen molar-refractivity contribution in [3.63, 3.8) is 0 Å². The number of rotatable bonds is 2. The van der Waals surface area contributed by atoms with Gasteiger partial charge in [0.2, 0.25) is 11.6 Å². The molecule has 0 aromatic carbocycles. The summed E-state index contributed by atoms with van der Waals surface area (Å²) in [5.74, 6) is 0.928. The van der Waals surface area contributed by atoms with Crippen molar-refractivity contribution in [2.45, 2.75) is 31.7 Å². The van der Waals surface area contributed by atoms with E-state index in [-0.39, 0.29) is 0 Å². The maximum Gasteiger partial charge on any atom is 0.220 e. The summed E-state index contributed by atoms with van der Waals surface area (Å²) in [7, 11) is 0. The monoisotopic (exact) mass is 308 g/mol. The average molecular weight is 308 g/mol. The lowest BCUT2D eigenvalue weighted by molar-refractivity contribution is 0.703. The molecule has 8 heteroatoms. The van der Waals surface area contributed by atoms with Gasteiger partial charge in [-0.15, -0.1) is 10.2 Å². The van der Waals surface area contributed by atoms with E-state index in [1.54, 1.807) is 10.8 Å². The van der Waals surface area contributed by atoms with E-state index < -0.39 is 0 Å². The molecule has 0 atom stereocenters. The first-order chi connectivity index (χ1) is 11.3. The van der Waals surface area contributed by atoms with Gasteiger partial charge in [-0.3, -0.25) is 0 Å². The third-order valence-corrected chi connectivity index (χ3v) is 4.56. The Morgan fingerprint density at radius 3 is 3.04 bits per heavy atom. The molecule has 3 aromatic rings. The lowest BCUT2D eigenvalue weighted by atomic mass is 10.1. The Morgan fingerprint density at radius 2 is 2.17 bits per heavy atom. The summed E-state index contributed by atoms with van der Waals surface area (Å²) in [6.07, 6.45) is 6.79. The van der Waals surface area contributed by atoms with Crippen LogP contribution in [0.2, 0.25) is 0 Å². The van der Waals surface area contributed by atoms with E-state index in [1.807, 2.05) is 6.20 Å². The summed E-state index contributed by atoms with van der Waals surface area (Å²) < 4.78 is 1.79. The molecule has 4 heterocycles. The van der Waals surface area contributed by atoms with Gasteiger partial charge in [0.25, 0.3) is 0 Å². The van der Waals surface area contributed by atoms with Gasteiger partial charge in [-0.05, 0) is 18.9 Å². The summed E-state index contributed by atoms with van der Waals surface area (Å²) in [6, 6.07) is 2.17. The summed E-state index contributed by atoms with van der Waals surface area (Å²) in [4.78, 5) is 10.8. The molecule has 0 bridgehead atoms. The standard InChI is InChI=1S/C15H16N8/c16-15-17-6-10-7-22(4-3-11(10)19-15)13-5-12(9-1-2-9)21-23-8-18-20-14(13)23/h5-6,8-9H,1-4,7H2,(H2,16,17,19). The average Bonchev–Trinajstić information content (AvgIpc) is 3.31. The van der Waals surface area contributed by atoms with Crippen LogP contribution in [0, 0.1) is 0 Å². The van der Waals surface area contributed by atoms with Crippen molar-refractivity contribution in [2.75, 3.05) is 17.2 Å². The predicted octanol–water partition coefficient (Wildman–Crippen LogP) is 0.937. The molecule has 0 amide bonds. The normalized spacial score (nSPS) is 17.5. The highest BCUT2D eigenvalue weighted by Crippen LogP contribution is 2.40. The number of nitrogens with zero attached hydrogens (tertiary/aromatic N) is 7. The van der Waals surface area contributed by atoms with Gasteiger partial charge < -0.3 is 10.6 Å². The van der Waals surface area contributed by atoms with Gasteiger partial charge in [0.1, 0.15) is 6.33 Å². The zero-order valence-electron chi connectivity index (χ0n) is 12.6. The fourth-order valence-electron chi connectivity index (χ4n) is 3.18. The van der Waals surface area contributed by atoms with Crippen molar-refractivity contribution in [1.29, 1.82) is 0 Å². The quantitative estimate of drug-likeness (QED) is 0.752. The molecule has 23 heavy (non-hydrogen) atoms. The first kappa shape index (κ1) is 12.7. The van der Waals surface area contributed by atoms with Crippen LogP contribution in [0.15, 0.2) is 18.6 Å². The lowest BCUT2D eigenvalue weighted by Gasteiger charge is -2.30. The van der Waals surface area contributed by atoms with Crippen LogP contribution in [-0.4, -0.2) is 36.3 Å².